The highest BCUT2D eigenvalue weighted by Crippen LogP contribution is 2.47. The summed E-state index contributed by atoms with van der Waals surface area (Å²) in [4.78, 5) is 35.7. The summed E-state index contributed by atoms with van der Waals surface area (Å²) < 4.78 is 39.2. The number of ether oxygens (including phenoxy) is 3. The average molecular weight is 925 g/mol. The van der Waals surface area contributed by atoms with Crippen molar-refractivity contribution in [2.24, 2.45) is 0 Å². The van der Waals surface area contributed by atoms with Crippen LogP contribution in [0.2, 0.25) is 0 Å². The second-order valence-corrected chi connectivity index (χ2v) is 18.0. The van der Waals surface area contributed by atoms with Crippen LogP contribution in [0.1, 0.15) is 155 Å². The summed E-state index contributed by atoms with van der Waals surface area (Å²) in [5.41, 5.74) is 0. The molecule has 0 amide bonds. The van der Waals surface area contributed by atoms with Crippen molar-refractivity contribution in [1.82, 2.24) is 0 Å². The molecule has 0 aromatic carbocycles. The molecular formula is C49H81O14P. The fourth-order valence-electron chi connectivity index (χ4n) is 6.92. The van der Waals surface area contributed by atoms with E-state index < -0.39 is 75.7 Å². The van der Waals surface area contributed by atoms with E-state index in [1.54, 1.807) is 0 Å². The van der Waals surface area contributed by atoms with Gasteiger partial charge in [-0.2, -0.15) is 0 Å². The molecule has 0 spiro atoms. The van der Waals surface area contributed by atoms with Crippen molar-refractivity contribution in [3.63, 3.8) is 0 Å². The van der Waals surface area contributed by atoms with Gasteiger partial charge in [0, 0.05) is 12.8 Å². The van der Waals surface area contributed by atoms with Gasteiger partial charge in [0.05, 0.1) is 18.8 Å². The van der Waals surface area contributed by atoms with Crippen LogP contribution in [-0.2, 0) is 37.4 Å². The molecule has 1 saturated heterocycles. The van der Waals surface area contributed by atoms with Crippen molar-refractivity contribution in [3.8, 4) is 0 Å². The number of esters is 2. The minimum atomic E-state index is -5.16. The van der Waals surface area contributed by atoms with E-state index in [1.807, 2.05) is 24.3 Å². The molecular weight excluding hydrogens is 843 g/mol. The van der Waals surface area contributed by atoms with Gasteiger partial charge in [0.2, 0.25) is 0 Å². The lowest BCUT2D eigenvalue weighted by Gasteiger charge is -2.41. The van der Waals surface area contributed by atoms with Crippen LogP contribution >= 0.6 is 7.82 Å². The smallest absolute Gasteiger partial charge is 0.462 e. The SMILES string of the molecule is CCCCC/C=C\C/C=C\CC1OC1C/C=C\CCCC(=O)O[C@H](COC(=O)CCC/C=C\C/C=C\C/C=C\CCCCCCCC)COP(=O)(O)OC1[C@H](O)[C@H](O)C(O)[C@H](O)[C@H]1O. The van der Waals surface area contributed by atoms with Crippen molar-refractivity contribution >= 4 is 19.8 Å². The predicted molar refractivity (Wildman–Crippen MR) is 248 cm³/mol. The molecule has 2 aliphatic rings. The van der Waals surface area contributed by atoms with Gasteiger partial charge in [-0.05, 0) is 83.5 Å². The first-order valence-electron chi connectivity index (χ1n) is 23.9. The number of carbonyl (C=O) groups excluding carboxylic acids is 2. The fourth-order valence-corrected chi connectivity index (χ4v) is 7.90. The molecule has 2 fully saturated rings. The van der Waals surface area contributed by atoms with Crippen LogP contribution in [0.25, 0.3) is 0 Å². The van der Waals surface area contributed by atoms with Crippen molar-refractivity contribution in [1.29, 1.82) is 0 Å². The molecule has 0 aromatic rings. The van der Waals surface area contributed by atoms with Crippen LogP contribution in [-0.4, -0.2) is 111 Å². The van der Waals surface area contributed by atoms with Gasteiger partial charge in [-0.15, -0.1) is 0 Å². The standard InChI is InChI=1S/C49H81O14P/c1-3-5-7-9-11-13-14-15-16-17-18-19-20-22-24-26-31-35-42(50)59-37-39(38-60-64(57,58)63-49-47(55)45(53)44(52)46(54)48(49)56)61-43(51)36-32-28-27-30-34-41-40(62-41)33-29-25-23-21-12-10-8-6-4-2/h12,15-16,18-19,21-22,24-25,27,29-30,39-41,44-49,52-56H,3-11,13-14,17,20,23,26,28,31-38H2,1-2H3,(H,57,58)/b16-15-,19-18-,21-12-,24-22-,29-25-,30-27-/t39-,40?,41?,44?,45-,46+,47-,48-,49?/m1/s1. The van der Waals surface area contributed by atoms with Gasteiger partial charge in [-0.1, -0.05) is 132 Å². The number of phosphoric acid groups is 1. The first kappa shape index (κ1) is 57.4. The molecule has 366 valence electrons. The summed E-state index contributed by atoms with van der Waals surface area (Å²) in [6.07, 6.45) is 32.7. The number of phosphoric ester groups is 1. The van der Waals surface area contributed by atoms with Crippen LogP contribution in [0.4, 0.5) is 0 Å². The van der Waals surface area contributed by atoms with Gasteiger partial charge in [0.25, 0.3) is 0 Å². The minimum Gasteiger partial charge on any atom is -0.462 e. The number of carbonyl (C=O) groups is 2. The molecule has 0 aromatic heterocycles. The molecule has 1 aliphatic heterocycles. The zero-order valence-corrected chi connectivity index (χ0v) is 39.4. The first-order valence-corrected chi connectivity index (χ1v) is 25.4. The molecule has 0 radical (unpaired) electrons. The Hall–Kier alpha value is -2.75. The molecule has 1 saturated carbocycles. The van der Waals surface area contributed by atoms with E-state index in [2.05, 4.69) is 62.5 Å². The van der Waals surface area contributed by atoms with Crippen molar-refractivity contribution in [2.75, 3.05) is 13.2 Å². The van der Waals surface area contributed by atoms with Crippen molar-refractivity contribution in [3.05, 3.63) is 72.9 Å². The summed E-state index contributed by atoms with van der Waals surface area (Å²) in [7, 11) is -5.16. The Kier molecular flexibility index (Phi) is 31.8. The normalized spacial score (nSPS) is 25.4. The van der Waals surface area contributed by atoms with Crippen molar-refractivity contribution in [2.45, 2.75) is 210 Å². The summed E-state index contributed by atoms with van der Waals surface area (Å²) in [5.74, 6) is -1.24. The van der Waals surface area contributed by atoms with E-state index in [4.69, 9.17) is 23.3 Å². The van der Waals surface area contributed by atoms with E-state index in [1.165, 1.54) is 57.8 Å². The second kappa shape index (κ2) is 35.4. The number of unbranched alkanes of at least 4 members (excludes halogenated alkanes) is 11. The molecule has 1 aliphatic carbocycles. The lowest BCUT2D eigenvalue weighted by molar-refractivity contribution is -0.220. The third-order valence-corrected chi connectivity index (χ3v) is 11.9. The Morgan fingerprint density at radius 2 is 0.969 bits per heavy atom. The highest BCUT2D eigenvalue weighted by Gasteiger charge is 2.51. The van der Waals surface area contributed by atoms with Crippen LogP contribution in [0, 0.1) is 0 Å². The third kappa shape index (κ3) is 27.0. The lowest BCUT2D eigenvalue weighted by Crippen LogP contribution is -2.64. The summed E-state index contributed by atoms with van der Waals surface area (Å²) in [6.45, 7) is 3.15. The molecule has 2 rings (SSSR count). The molecule has 15 heteroatoms. The summed E-state index contributed by atoms with van der Waals surface area (Å²) >= 11 is 0. The Morgan fingerprint density at radius 3 is 1.55 bits per heavy atom. The van der Waals surface area contributed by atoms with Gasteiger partial charge in [0.15, 0.2) is 6.10 Å². The quantitative estimate of drug-likeness (QED) is 0.0113. The number of aliphatic hydroxyl groups excluding tert-OH is 5. The van der Waals surface area contributed by atoms with E-state index in [0.717, 1.165) is 44.9 Å². The monoisotopic (exact) mass is 925 g/mol. The van der Waals surface area contributed by atoms with E-state index >= 15 is 0 Å². The Labute approximate surface area is 382 Å². The van der Waals surface area contributed by atoms with E-state index in [0.29, 0.717) is 25.7 Å². The first-order chi connectivity index (χ1) is 30.9. The van der Waals surface area contributed by atoms with E-state index in [9.17, 15) is 44.6 Å². The molecule has 5 unspecified atom stereocenters. The average Bonchev–Trinajstić information content (AvgIpc) is 4.04. The van der Waals surface area contributed by atoms with Gasteiger partial charge in [-0.3, -0.25) is 18.6 Å². The van der Waals surface area contributed by atoms with Crippen LogP contribution in [0.3, 0.4) is 0 Å². The second-order valence-electron chi connectivity index (χ2n) is 16.6. The number of hydrogen-bond donors (Lipinski definition) is 6. The summed E-state index contributed by atoms with van der Waals surface area (Å²) in [5, 5.41) is 50.2. The zero-order valence-electron chi connectivity index (χ0n) is 38.5. The molecule has 64 heavy (non-hydrogen) atoms. The van der Waals surface area contributed by atoms with Gasteiger partial charge in [-0.25, -0.2) is 4.57 Å². The Balaban J connectivity index is 1.76. The molecule has 1 heterocycles. The maximum Gasteiger partial charge on any atom is 0.472 e. The summed E-state index contributed by atoms with van der Waals surface area (Å²) in [6, 6.07) is 0. The number of epoxide rings is 1. The molecule has 0 bridgehead atoms. The predicted octanol–water partition coefficient (Wildman–Crippen LogP) is 8.49. The highest BCUT2D eigenvalue weighted by molar-refractivity contribution is 7.47. The van der Waals surface area contributed by atoms with E-state index in [-0.39, 0.29) is 25.0 Å². The minimum absolute atomic E-state index is 0.00148. The van der Waals surface area contributed by atoms with Crippen LogP contribution < -0.4 is 0 Å². The number of hydrogen-bond acceptors (Lipinski definition) is 13. The fraction of sp³-hybridized carbons (Fsp3) is 0.714. The van der Waals surface area contributed by atoms with Crippen LogP contribution in [0.5, 0.6) is 0 Å². The third-order valence-electron chi connectivity index (χ3n) is 10.9. The molecule has 6 N–H and O–H groups in total. The highest BCUT2D eigenvalue weighted by atomic mass is 31.2. The largest absolute Gasteiger partial charge is 0.472 e. The lowest BCUT2D eigenvalue weighted by atomic mass is 9.85. The topological polar surface area (TPSA) is 222 Å². The van der Waals surface area contributed by atoms with Gasteiger partial charge >= 0.3 is 19.8 Å². The Bertz CT molecular complexity index is 1460. The molecule has 10 atom stereocenters. The zero-order chi connectivity index (χ0) is 46.8. The molecule has 14 nitrogen and oxygen atoms in total. The number of rotatable bonds is 37. The van der Waals surface area contributed by atoms with Crippen molar-refractivity contribution < 1.29 is 67.8 Å². The Morgan fingerprint density at radius 1 is 0.547 bits per heavy atom. The van der Waals surface area contributed by atoms with Crippen LogP contribution in [0.15, 0.2) is 72.9 Å². The van der Waals surface area contributed by atoms with Gasteiger partial charge < -0.3 is 44.6 Å². The van der Waals surface area contributed by atoms with Gasteiger partial charge in [0.1, 0.15) is 43.2 Å². The maximum atomic E-state index is 12.8. The maximum absolute atomic E-state index is 12.8. The number of allylic oxidation sites excluding steroid dienone is 10. The number of aliphatic hydroxyl groups is 5.